The lowest BCUT2D eigenvalue weighted by Gasteiger charge is -2.07. The van der Waals surface area contributed by atoms with Crippen LogP contribution in [0.2, 0.25) is 0 Å². The van der Waals surface area contributed by atoms with E-state index in [4.69, 9.17) is 9.84 Å². The largest absolute Gasteiger partial charge is 0.478 e. The van der Waals surface area contributed by atoms with Crippen LogP contribution in [0.25, 0.3) is 0 Å². The average Bonchev–Trinajstić information content (AvgIpc) is 2.32. The lowest BCUT2D eigenvalue weighted by Crippen LogP contribution is -2.00. The van der Waals surface area contributed by atoms with Crippen molar-refractivity contribution in [3.63, 3.8) is 0 Å². The van der Waals surface area contributed by atoms with Crippen LogP contribution < -0.4 is 4.74 Å². The Bertz CT molecular complexity index is 538. The number of aromatic carboxylic acids is 1. The fourth-order valence-electron chi connectivity index (χ4n) is 1.29. The molecular weight excluding hydrogens is 220 g/mol. The van der Waals surface area contributed by atoms with E-state index < -0.39 is 5.97 Å². The molecule has 5 heteroatoms. The van der Waals surface area contributed by atoms with Gasteiger partial charge in [-0.15, -0.1) is 0 Å². The molecule has 17 heavy (non-hydrogen) atoms. The number of aromatic nitrogens is 2. The minimum absolute atomic E-state index is 0.105. The van der Waals surface area contributed by atoms with Crippen LogP contribution in [-0.2, 0) is 0 Å². The third kappa shape index (κ3) is 2.57. The highest BCUT2D eigenvalue weighted by Gasteiger charge is 2.10. The summed E-state index contributed by atoms with van der Waals surface area (Å²) in [6.07, 6.45) is 3.00. The van der Waals surface area contributed by atoms with Crippen molar-refractivity contribution in [2.24, 2.45) is 0 Å². The van der Waals surface area contributed by atoms with Gasteiger partial charge < -0.3 is 9.84 Å². The highest BCUT2D eigenvalue weighted by molar-refractivity contribution is 5.90. The van der Waals surface area contributed by atoms with E-state index in [0.29, 0.717) is 11.6 Å². The topological polar surface area (TPSA) is 72.3 Å². The molecule has 1 N–H and O–H groups in total. The number of ether oxygens (including phenoxy) is 1. The van der Waals surface area contributed by atoms with Gasteiger partial charge in [-0.25, -0.2) is 14.8 Å². The lowest BCUT2D eigenvalue weighted by molar-refractivity contribution is 0.0694. The molecule has 5 nitrogen and oxygen atoms in total. The second-order valence-corrected chi connectivity index (χ2v) is 3.37. The average molecular weight is 230 g/mol. The second kappa shape index (κ2) is 4.61. The molecule has 1 aromatic carbocycles. The van der Waals surface area contributed by atoms with Gasteiger partial charge in [-0.05, 0) is 19.1 Å². The number of carbonyl (C=O) groups is 1. The molecule has 86 valence electrons. The predicted molar refractivity (Wildman–Crippen MR) is 60.2 cm³/mol. The van der Waals surface area contributed by atoms with E-state index in [2.05, 4.69) is 9.97 Å². The van der Waals surface area contributed by atoms with E-state index in [-0.39, 0.29) is 11.3 Å². The SMILES string of the molecule is Cc1ncc(Oc2ccccc2C(=O)O)cn1. The molecule has 0 aliphatic rings. The fraction of sp³-hybridized carbons (Fsp3) is 0.0833. The maximum absolute atomic E-state index is 11.0. The molecule has 0 spiro atoms. The van der Waals surface area contributed by atoms with Crippen molar-refractivity contribution in [2.75, 3.05) is 0 Å². The molecule has 2 aromatic rings. The predicted octanol–water partition coefficient (Wildman–Crippen LogP) is 2.28. The monoisotopic (exact) mass is 230 g/mol. The van der Waals surface area contributed by atoms with E-state index in [1.165, 1.54) is 18.5 Å². The first-order chi connectivity index (χ1) is 8.16. The number of carboxylic acid groups (broad SMARTS) is 1. The van der Waals surface area contributed by atoms with E-state index in [0.717, 1.165) is 0 Å². The summed E-state index contributed by atoms with van der Waals surface area (Å²) >= 11 is 0. The maximum Gasteiger partial charge on any atom is 0.339 e. The Balaban J connectivity index is 2.30. The standard InChI is InChI=1S/C12H10N2O3/c1-8-13-6-9(7-14-8)17-11-5-3-2-4-10(11)12(15)16/h2-7H,1H3,(H,15,16). The van der Waals surface area contributed by atoms with Crippen LogP contribution in [-0.4, -0.2) is 21.0 Å². The van der Waals surface area contributed by atoms with Crippen molar-refractivity contribution in [1.82, 2.24) is 9.97 Å². The molecule has 0 fully saturated rings. The van der Waals surface area contributed by atoms with Crippen LogP contribution in [0.15, 0.2) is 36.7 Å². The second-order valence-electron chi connectivity index (χ2n) is 3.37. The van der Waals surface area contributed by atoms with Crippen molar-refractivity contribution < 1.29 is 14.6 Å². The summed E-state index contributed by atoms with van der Waals surface area (Å²) in [5.74, 6) is 0.272. The van der Waals surface area contributed by atoms with Crippen LogP contribution >= 0.6 is 0 Å². The Hall–Kier alpha value is -2.43. The zero-order valence-corrected chi connectivity index (χ0v) is 9.12. The lowest BCUT2D eigenvalue weighted by atomic mass is 10.2. The van der Waals surface area contributed by atoms with Crippen LogP contribution in [0.1, 0.15) is 16.2 Å². The van der Waals surface area contributed by atoms with Gasteiger partial charge in [-0.2, -0.15) is 0 Å². The smallest absolute Gasteiger partial charge is 0.339 e. The van der Waals surface area contributed by atoms with Gasteiger partial charge in [0, 0.05) is 0 Å². The summed E-state index contributed by atoms with van der Waals surface area (Å²) in [5, 5.41) is 8.98. The van der Waals surface area contributed by atoms with Gasteiger partial charge in [0.15, 0.2) is 5.75 Å². The van der Waals surface area contributed by atoms with Gasteiger partial charge in [0.05, 0.1) is 12.4 Å². The molecule has 0 aliphatic heterocycles. The molecule has 0 unspecified atom stereocenters. The molecule has 2 rings (SSSR count). The number of aryl methyl sites for hydroxylation is 1. The number of hydrogen-bond acceptors (Lipinski definition) is 4. The molecule has 1 heterocycles. The molecule has 0 saturated heterocycles. The highest BCUT2D eigenvalue weighted by Crippen LogP contribution is 2.24. The molecule has 0 bridgehead atoms. The Labute approximate surface area is 97.7 Å². The number of benzene rings is 1. The Kier molecular flexibility index (Phi) is 3.00. The van der Waals surface area contributed by atoms with Crippen LogP contribution in [0, 0.1) is 6.92 Å². The molecule has 0 saturated carbocycles. The zero-order valence-electron chi connectivity index (χ0n) is 9.12. The summed E-state index contributed by atoms with van der Waals surface area (Å²) in [4.78, 5) is 18.9. The van der Waals surface area contributed by atoms with E-state index in [1.807, 2.05) is 0 Å². The van der Waals surface area contributed by atoms with Gasteiger partial charge in [0.25, 0.3) is 0 Å². The zero-order chi connectivity index (χ0) is 12.3. The normalized spacial score (nSPS) is 9.94. The molecule has 0 amide bonds. The van der Waals surface area contributed by atoms with Gasteiger partial charge in [-0.1, -0.05) is 12.1 Å². The number of carboxylic acids is 1. The van der Waals surface area contributed by atoms with Gasteiger partial charge in [-0.3, -0.25) is 0 Å². The number of nitrogens with zero attached hydrogens (tertiary/aromatic N) is 2. The van der Waals surface area contributed by atoms with Gasteiger partial charge in [0.1, 0.15) is 17.1 Å². The first-order valence-corrected chi connectivity index (χ1v) is 4.95. The quantitative estimate of drug-likeness (QED) is 0.875. The van der Waals surface area contributed by atoms with E-state index >= 15 is 0 Å². The van der Waals surface area contributed by atoms with E-state index in [9.17, 15) is 4.79 Å². The van der Waals surface area contributed by atoms with Crippen molar-refractivity contribution in [3.8, 4) is 11.5 Å². The minimum Gasteiger partial charge on any atom is -0.478 e. The fourth-order valence-corrected chi connectivity index (χ4v) is 1.29. The molecule has 0 radical (unpaired) electrons. The Morgan fingerprint density at radius 2 is 1.88 bits per heavy atom. The first-order valence-electron chi connectivity index (χ1n) is 4.95. The van der Waals surface area contributed by atoms with E-state index in [1.54, 1.807) is 25.1 Å². The van der Waals surface area contributed by atoms with Crippen molar-refractivity contribution in [1.29, 1.82) is 0 Å². The van der Waals surface area contributed by atoms with Crippen molar-refractivity contribution in [2.45, 2.75) is 6.92 Å². The van der Waals surface area contributed by atoms with Crippen LogP contribution in [0.3, 0.4) is 0 Å². The summed E-state index contributed by atoms with van der Waals surface area (Å²) in [5.41, 5.74) is 0.105. The number of rotatable bonds is 3. The Morgan fingerprint density at radius 1 is 1.24 bits per heavy atom. The van der Waals surface area contributed by atoms with Crippen molar-refractivity contribution in [3.05, 3.63) is 48.0 Å². The summed E-state index contributed by atoms with van der Waals surface area (Å²) in [6.45, 7) is 1.76. The first kappa shape index (κ1) is 11.1. The minimum atomic E-state index is -1.03. The molecular formula is C12H10N2O3. The number of hydrogen-bond donors (Lipinski definition) is 1. The van der Waals surface area contributed by atoms with Gasteiger partial charge >= 0.3 is 5.97 Å². The molecule has 1 aromatic heterocycles. The Morgan fingerprint density at radius 3 is 2.53 bits per heavy atom. The molecule has 0 atom stereocenters. The summed E-state index contributed by atoms with van der Waals surface area (Å²) < 4.78 is 5.42. The van der Waals surface area contributed by atoms with Gasteiger partial charge in [0.2, 0.25) is 0 Å². The molecule has 0 aliphatic carbocycles. The summed E-state index contributed by atoms with van der Waals surface area (Å²) in [7, 11) is 0. The van der Waals surface area contributed by atoms with Crippen LogP contribution in [0.5, 0.6) is 11.5 Å². The highest BCUT2D eigenvalue weighted by atomic mass is 16.5. The summed E-state index contributed by atoms with van der Waals surface area (Å²) in [6, 6.07) is 6.41. The van der Waals surface area contributed by atoms with Crippen molar-refractivity contribution >= 4 is 5.97 Å². The maximum atomic E-state index is 11.0. The number of para-hydroxylation sites is 1. The third-order valence-corrected chi connectivity index (χ3v) is 2.10. The third-order valence-electron chi connectivity index (χ3n) is 2.10. The van der Waals surface area contributed by atoms with Crippen LogP contribution in [0.4, 0.5) is 0 Å².